The van der Waals surface area contributed by atoms with Gasteiger partial charge in [0, 0.05) is 5.56 Å². The van der Waals surface area contributed by atoms with E-state index in [0.29, 0.717) is 0 Å². The quantitative estimate of drug-likeness (QED) is 0.881. The topological polar surface area (TPSA) is 74.4 Å². The molecule has 8 heteroatoms. The molecule has 1 heterocycles. The molecule has 1 aromatic carbocycles. The molecule has 0 radical (unpaired) electrons. The standard InChI is InChI=1S/C12H10ClFN2O3S/c1-18-8-3-5(7(14)4-6(8)13)10-9(15)11(20-16-10)12(17)19-2/h3-4H,15H2,1-2H3. The number of nitrogen functional groups attached to an aromatic ring is 1. The van der Waals surface area contributed by atoms with Crippen molar-refractivity contribution in [2.75, 3.05) is 20.0 Å². The number of methoxy groups -OCH3 is 2. The van der Waals surface area contributed by atoms with E-state index < -0.39 is 11.8 Å². The molecule has 0 aliphatic rings. The highest BCUT2D eigenvalue weighted by molar-refractivity contribution is 7.09. The number of benzene rings is 1. The molecule has 0 fully saturated rings. The molecule has 20 heavy (non-hydrogen) atoms. The summed E-state index contributed by atoms with van der Waals surface area (Å²) in [5.74, 6) is -0.938. The summed E-state index contributed by atoms with van der Waals surface area (Å²) in [4.78, 5) is 11.6. The van der Waals surface area contributed by atoms with Crippen LogP contribution in [-0.2, 0) is 4.74 Å². The lowest BCUT2D eigenvalue weighted by Gasteiger charge is -2.07. The first-order valence-electron chi connectivity index (χ1n) is 5.36. The number of carbonyl (C=O) groups is 1. The van der Waals surface area contributed by atoms with Gasteiger partial charge in [-0.15, -0.1) is 0 Å². The van der Waals surface area contributed by atoms with E-state index in [9.17, 15) is 9.18 Å². The van der Waals surface area contributed by atoms with Gasteiger partial charge in [0.2, 0.25) is 0 Å². The van der Waals surface area contributed by atoms with Crippen LogP contribution in [0.15, 0.2) is 12.1 Å². The molecule has 0 bridgehead atoms. The molecule has 0 saturated carbocycles. The second kappa shape index (κ2) is 5.64. The van der Waals surface area contributed by atoms with Gasteiger partial charge in [-0.3, -0.25) is 0 Å². The number of carbonyl (C=O) groups excluding carboxylic acids is 1. The summed E-state index contributed by atoms with van der Waals surface area (Å²) in [6, 6.07) is 2.48. The van der Waals surface area contributed by atoms with E-state index in [1.54, 1.807) is 0 Å². The molecule has 0 aliphatic heterocycles. The predicted molar refractivity (Wildman–Crippen MR) is 74.8 cm³/mol. The number of halogens is 2. The van der Waals surface area contributed by atoms with E-state index >= 15 is 0 Å². The highest BCUT2D eigenvalue weighted by atomic mass is 35.5. The minimum absolute atomic E-state index is 0.0603. The van der Waals surface area contributed by atoms with Crippen LogP contribution in [-0.4, -0.2) is 24.6 Å². The third-order valence-corrected chi connectivity index (χ3v) is 3.73. The van der Waals surface area contributed by atoms with Crippen LogP contribution in [0.2, 0.25) is 5.02 Å². The summed E-state index contributed by atoms with van der Waals surface area (Å²) in [6.07, 6.45) is 0. The largest absolute Gasteiger partial charge is 0.495 e. The Bertz CT molecular complexity index is 675. The lowest BCUT2D eigenvalue weighted by molar-refractivity contribution is 0.0607. The number of hydrogen-bond donors (Lipinski definition) is 1. The Balaban J connectivity index is 2.57. The number of nitrogens with two attached hydrogens (primary N) is 1. The highest BCUT2D eigenvalue weighted by Gasteiger charge is 2.22. The number of ether oxygens (including phenoxy) is 2. The van der Waals surface area contributed by atoms with Crippen molar-refractivity contribution in [3.8, 4) is 17.0 Å². The van der Waals surface area contributed by atoms with Crippen molar-refractivity contribution in [2.24, 2.45) is 0 Å². The van der Waals surface area contributed by atoms with Crippen molar-refractivity contribution in [2.45, 2.75) is 0 Å². The third-order valence-electron chi connectivity index (χ3n) is 2.60. The summed E-state index contributed by atoms with van der Waals surface area (Å²) >= 11 is 6.66. The van der Waals surface area contributed by atoms with Crippen molar-refractivity contribution < 1.29 is 18.7 Å². The minimum atomic E-state index is -0.618. The van der Waals surface area contributed by atoms with E-state index in [4.69, 9.17) is 22.1 Å². The average Bonchev–Trinajstić information content (AvgIpc) is 2.80. The lowest BCUT2D eigenvalue weighted by atomic mass is 10.1. The number of aromatic nitrogens is 1. The van der Waals surface area contributed by atoms with Crippen LogP contribution in [0.4, 0.5) is 10.1 Å². The Morgan fingerprint density at radius 3 is 2.75 bits per heavy atom. The Kier molecular flexibility index (Phi) is 4.10. The first-order valence-corrected chi connectivity index (χ1v) is 6.51. The summed E-state index contributed by atoms with van der Waals surface area (Å²) in [7, 11) is 2.64. The van der Waals surface area contributed by atoms with Crippen molar-refractivity contribution in [1.29, 1.82) is 0 Å². The van der Waals surface area contributed by atoms with Crippen LogP contribution in [0, 0.1) is 5.82 Å². The smallest absolute Gasteiger partial charge is 0.351 e. The molecule has 0 aliphatic carbocycles. The first-order chi connectivity index (χ1) is 9.49. The molecule has 0 spiro atoms. The number of hydrogen-bond acceptors (Lipinski definition) is 6. The van der Waals surface area contributed by atoms with Crippen LogP contribution >= 0.6 is 23.1 Å². The monoisotopic (exact) mass is 316 g/mol. The van der Waals surface area contributed by atoms with Crippen LogP contribution in [0.1, 0.15) is 9.67 Å². The first kappa shape index (κ1) is 14.5. The maximum Gasteiger partial charge on any atom is 0.351 e. The summed E-state index contributed by atoms with van der Waals surface area (Å²) in [6.45, 7) is 0. The van der Waals surface area contributed by atoms with Gasteiger partial charge in [-0.05, 0) is 23.7 Å². The maximum absolute atomic E-state index is 14.0. The number of nitrogens with zero attached hydrogens (tertiary/aromatic N) is 1. The fourth-order valence-electron chi connectivity index (χ4n) is 1.60. The van der Waals surface area contributed by atoms with Crippen LogP contribution < -0.4 is 10.5 Å². The SMILES string of the molecule is COC(=O)c1snc(-c2cc(OC)c(Cl)cc2F)c1N. The van der Waals surface area contributed by atoms with Crippen LogP contribution in [0.3, 0.4) is 0 Å². The molecule has 0 saturated heterocycles. The highest BCUT2D eigenvalue weighted by Crippen LogP contribution is 2.37. The maximum atomic E-state index is 14.0. The Morgan fingerprint density at radius 2 is 2.15 bits per heavy atom. The molecule has 2 N–H and O–H groups in total. The Hall–Kier alpha value is -1.86. The molecular formula is C12H10ClFN2O3S. The molecule has 1 aromatic heterocycles. The van der Waals surface area contributed by atoms with Gasteiger partial charge >= 0.3 is 5.97 Å². The zero-order valence-corrected chi connectivity index (χ0v) is 12.1. The van der Waals surface area contributed by atoms with Gasteiger partial charge in [-0.2, -0.15) is 4.37 Å². The van der Waals surface area contributed by atoms with Gasteiger partial charge in [0.15, 0.2) is 4.88 Å². The van der Waals surface area contributed by atoms with Gasteiger partial charge in [0.05, 0.1) is 24.9 Å². The van der Waals surface area contributed by atoms with Gasteiger partial charge in [0.1, 0.15) is 17.3 Å². The Morgan fingerprint density at radius 1 is 1.45 bits per heavy atom. The summed E-state index contributed by atoms with van der Waals surface area (Å²) in [5.41, 5.74) is 6.14. The lowest BCUT2D eigenvalue weighted by Crippen LogP contribution is -2.02. The van der Waals surface area contributed by atoms with Gasteiger partial charge in [-0.25, -0.2) is 9.18 Å². The molecule has 2 aromatic rings. The number of esters is 1. The molecule has 0 unspecified atom stereocenters. The van der Waals surface area contributed by atoms with E-state index in [1.165, 1.54) is 20.3 Å². The van der Waals surface area contributed by atoms with Crippen molar-refractivity contribution in [3.05, 3.63) is 27.8 Å². The van der Waals surface area contributed by atoms with Gasteiger partial charge < -0.3 is 15.2 Å². The van der Waals surface area contributed by atoms with E-state index in [1.807, 2.05) is 0 Å². The van der Waals surface area contributed by atoms with E-state index in [2.05, 4.69) is 9.11 Å². The van der Waals surface area contributed by atoms with Crippen molar-refractivity contribution in [3.63, 3.8) is 0 Å². The summed E-state index contributed by atoms with van der Waals surface area (Å²) < 4.78 is 27.6. The number of anilines is 1. The van der Waals surface area contributed by atoms with Gasteiger partial charge in [0.25, 0.3) is 0 Å². The van der Waals surface area contributed by atoms with Crippen LogP contribution in [0.25, 0.3) is 11.3 Å². The predicted octanol–water partition coefficient (Wildman–Crippen LogP) is 2.98. The molecule has 106 valence electrons. The molecule has 0 amide bonds. The molecule has 2 rings (SSSR count). The molecule has 0 atom stereocenters. The normalized spacial score (nSPS) is 10.4. The molecule has 5 nitrogen and oxygen atoms in total. The second-order valence-electron chi connectivity index (χ2n) is 3.73. The molecular weight excluding hydrogens is 307 g/mol. The van der Waals surface area contributed by atoms with Crippen molar-refractivity contribution >= 4 is 34.8 Å². The Labute approximate surface area is 123 Å². The zero-order chi connectivity index (χ0) is 14.9. The fraction of sp³-hybridized carbons (Fsp3) is 0.167. The third kappa shape index (κ3) is 2.41. The van der Waals surface area contributed by atoms with Crippen molar-refractivity contribution in [1.82, 2.24) is 4.37 Å². The van der Waals surface area contributed by atoms with E-state index in [-0.39, 0.29) is 32.6 Å². The van der Waals surface area contributed by atoms with E-state index in [0.717, 1.165) is 17.6 Å². The van der Waals surface area contributed by atoms with Crippen LogP contribution in [0.5, 0.6) is 5.75 Å². The minimum Gasteiger partial charge on any atom is -0.495 e. The summed E-state index contributed by atoms with van der Waals surface area (Å²) in [5, 5.41) is 0.135. The van der Waals surface area contributed by atoms with Gasteiger partial charge in [-0.1, -0.05) is 11.6 Å². The zero-order valence-electron chi connectivity index (χ0n) is 10.6. The average molecular weight is 317 g/mol. The fourth-order valence-corrected chi connectivity index (χ4v) is 2.56. The number of rotatable bonds is 3. The second-order valence-corrected chi connectivity index (χ2v) is 4.91.